The summed E-state index contributed by atoms with van der Waals surface area (Å²) in [5.41, 5.74) is 6.40. The first-order valence-corrected chi connectivity index (χ1v) is 7.00. The average Bonchev–Trinajstić information content (AvgIpc) is 2.54. The second kappa shape index (κ2) is 7.22. The van der Waals surface area contributed by atoms with Crippen LogP contribution in [-0.4, -0.2) is 20.3 Å². The molecule has 0 radical (unpaired) electrons. The number of hydrogen-bond acceptors (Lipinski definition) is 3. The van der Waals surface area contributed by atoms with Gasteiger partial charge in [0, 0.05) is 5.56 Å². The summed E-state index contributed by atoms with van der Waals surface area (Å²) in [6.07, 6.45) is 0.691. The summed E-state index contributed by atoms with van der Waals surface area (Å²) >= 11 is 0. The van der Waals surface area contributed by atoms with Gasteiger partial charge in [-0.2, -0.15) is 8.78 Å². The van der Waals surface area contributed by atoms with Crippen molar-refractivity contribution in [3.05, 3.63) is 59.7 Å². The fraction of sp³-hybridized carbons (Fsp3) is 0.294. The predicted molar refractivity (Wildman–Crippen MR) is 81.6 cm³/mol. The van der Waals surface area contributed by atoms with Crippen molar-refractivity contribution in [3.63, 3.8) is 0 Å². The minimum atomic E-state index is -3.07. The van der Waals surface area contributed by atoms with E-state index in [1.807, 2.05) is 0 Å². The average molecular weight is 307 g/mol. The molecular formula is C17H19F2NO2. The van der Waals surface area contributed by atoms with Crippen molar-refractivity contribution in [2.75, 3.05) is 20.3 Å². The van der Waals surface area contributed by atoms with E-state index in [1.165, 1.54) is 19.2 Å². The second-order valence-electron chi connectivity index (χ2n) is 4.88. The summed E-state index contributed by atoms with van der Waals surface area (Å²) in [5, 5.41) is 0. The Morgan fingerprint density at radius 1 is 1.05 bits per heavy atom. The van der Waals surface area contributed by atoms with Crippen molar-refractivity contribution in [1.82, 2.24) is 0 Å². The smallest absolute Gasteiger partial charge is 0.306 e. The Labute approximate surface area is 128 Å². The molecular weight excluding hydrogens is 288 g/mol. The molecule has 2 N–H and O–H groups in total. The Kier molecular flexibility index (Phi) is 5.33. The molecule has 2 aromatic carbocycles. The first-order chi connectivity index (χ1) is 10.6. The van der Waals surface area contributed by atoms with Crippen molar-refractivity contribution in [2.24, 2.45) is 5.73 Å². The second-order valence-corrected chi connectivity index (χ2v) is 4.88. The van der Waals surface area contributed by atoms with E-state index >= 15 is 0 Å². The first kappa shape index (κ1) is 16.2. The molecule has 0 aliphatic heterocycles. The van der Waals surface area contributed by atoms with Crippen LogP contribution in [0.25, 0.3) is 0 Å². The van der Waals surface area contributed by atoms with Crippen LogP contribution in [0.5, 0.6) is 11.5 Å². The van der Waals surface area contributed by atoms with Gasteiger partial charge >= 0.3 is 5.92 Å². The van der Waals surface area contributed by atoms with Crippen LogP contribution >= 0.6 is 0 Å². The van der Waals surface area contributed by atoms with Crippen molar-refractivity contribution >= 4 is 0 Å². The zero-order valence-corrected chi connectivity index (χ0v) is 12.4. The Bertz CT molecular complexity index is 603. The predicted octanol–water partition coefficient (Wildman–Crippen LogP) is 3.37. The monoisotopic (exact) mass is 307 g/mol. The highest BCUT2D eigenvalue weighted by atomic mass is 19.3. The molecule has 0 saturated carbocycles. The topological polar surface area (TPSA) is 44.5 Å². The summed E-state index contributed by atoms with van der Waals surface area (Å²) in [4.78, 5) is 0. The molecule has 0 spiro atoms. The SMILES string of the molecule is COc1cc(CCN)ccc1OCC(F)(F)c1ccccc1. The van der Waals surface area contributed by atoms with Gasteiger partial charge in [0.15, 0.2) is 18.1 Å². The van der Waals surface area contributed by atoms with Crippen molar-refractivity contribution in [1.29, 1.82) is 0 Å². The lowest BCUT2D eigenvalue weighted by Crippen LogP contribution is -2.23. The lowest BCUT2D eigenvalue weighted by Gasteiger charge is -2.19. The molecule has 2 aromatic rings. The fourth-order valence-corrected chi connectivity index (χ4v) is 2.09. The van der Waals surface area contributed by atoms with Crippen molar-refractivity contribution in [3.8, 4) is 11.5 Å². The summed E-state index contributed by atoms with van der Waals surface area (Å²) in [7, 11) is 1.48. The van der Waals surface area contributed by atoms with E-state index in [0.29, 0.717) is 24.5 Å². The van der Waals surface area contributed by atoms with Crippen molar-refractivity contribution in [2.45, 2.75) is 12.3 Å². The van der Waals surface area contributed by atoms with Gasteiger partial charge in [-0.1, -0.05) is 36.4 Å². The minimum Gasteiger partial charge on any atom is -0.493 e. The van der Waals surface area contributed by atoms with Crippen LogP contribution in [0.15, 0.2) is 48.5 Å². The quantitative estimate of drug-likeness (QED) is 0.853. The third-order valence-corrected chi connectivity index (χ3v) is 3.27. The molecule has 2 rings (SSSR count). The third kappa shape index (κ3) is 3.95. The Morgan fingerprint density at radius 2 is 1.77 bits per heavy atom. The molecule has 0 aliphatic rings. The molecule has 0 fully saturated rings. The molecule has 0 aliphatic carbocycles. The van der Waals surface area contributed by atoms with Gasteiger partial charge in [0.05, 0.1) is 7.11 Å². The first-order valence-electron chi connectivity index (χ1n) is 7.00. The van der Waals surface area contributed by atoms with Gasteiger partial charge in [-0.25, -0.2) is 0 Å². The molecule has 3 nitrogen and oxygen atoms in total. The number of ether oxygens (including phenoxy) is 2. The highest BCUT2D eigenvalue weighted by Crippen LogP contribution is 2.32. The third-order valence-electron chi connectivity index (χ3n) is 3.27. The molecule has 0 bridgehead atoms. The highest BCUT2D eigenvalue weighted by molar-refractivity contribution is 5.43. The molecule has 118 valence electrons. The molecule has 0 aromatic heterocycles. The number of halogens is 2. The Hall–Kier alpha value is -2.14. The lowest BCUT2D eigenvalue weighted by molar-refractivity contribution is -0.0472. The van der Waals surface area contributed by atoms with Gasteiger partial charge in [-0.3, -0.25) is 0 Å². The van der Waals surface area contributed by atoms with Crippen LogP contribution < -0.4 is 15.2 Å². The normalized spacial score (nSPS) is 11.3. The molecule has 5 heteroatoms. The zero-order chi connectivity index (χ0) is 16.0. The van der Waals surface area contributed by atoms with E-state index in [1.54, 1.807) is 36.4 Å². The molecule has 0 amide bonds. The van der Waals surface area contributed by atoms with E-state index < -0.39 is 12.5 Å². The van der Waals surface area contributed by atoms with E-state index in [-0.39, 0.29) is 5.56 Å². The number of methoxy groups -OCH3 is 1. The van der Waals surface area contributed by atoms with E-state index in [4.69, 9.17) is 15.2 Å². The van der Waals surface area contributed by atoms with E-state index in [9.17, 15) is 8.78 Å². The standard InChI is InChI=1S/C17H19F2NO2/c1-21-16-11-13(9-10-20)7-8-15(16)22-12-17(18,19)14-5-3-2-4-6-14/h2-8,11H,9-10,12,20H2,1H3. The van der Waals surface area contributed by atoms with Gasteiger partial charge in [0.25, 0.3) is 0 Å². The molecule has 22 heavy (non-hydrogen) atoms. The maximum absolute atomic E-state index is 14.1. The summed E-state index contributed by atoms with van der Waals surface area (Å²) in [6.45, 7) is -0.237. The number of benzene rings is 2. The molecule has 0 heterocycles. The van der Waals surface area contributed by atoms with Gasteiger partial charge < -0.3 is 15.2 Å². The number of alkyl halides is 2. The summed E-state index contributed by atoms with van der Waals surface area (Å²) in [5.74, 6) is -2.35. The highest BCUT2D eigenvalue weighted by Gasteiger charge is 2.32. The molecule has 0 saturated heterocycles. The van der Waals surface area contributed by atoms with Gasteiger partial charge in [0.1, 0.15) is 0 Å². The lowest BCUT2D eigenvalue weighted by atomic mass is 10.1. The van der Waals surface area contributed by atoms with Crippen LogP contribution in [0.3, 0.4) is 0 Å². The number of hydrogen-bond donors (Lipinski definition) is 1. The summed E-state index contributed by atoms with van der Waals surface area (Å²) < 4.78 is 38.7. The van der Waals surface area contributed by atoms with E-state index in [2.05, 4.69) is 0 Å². The largest absolute Gasteiger partial charge is 0.493 e. The van der Waals surface area contributed by atoms with Gasteiger partial charge in [-0.05, 0) is 30.7 Å². The molecule has 0 atom stereocenters. The number of nitrogens with two attached hydrogens (primary N) is 1. The van der Waals surface area contributed by atoms with Crippen LogP contribution in [-0.2, 0) is 12.3 Å². The molecule has 0 unspecified atom stereocenters. The Balaban J connectivity index is 2.10. The number of rotatable bonds is 7. The van der Waals surface area contributed by atoms with Crippen LogP contribution in [0, 0.1) is 0 Å². The van der Waals surface area contributed by atoms with Crippen LogP contribution in [0.1, 0.15) is 11.1 Å². The van der Waals surface area contributed by atoms with Crippen molar-refractivity contribution < 1.29 is 18.3 Å². The maximum Gasteiger partial charge on any atom is 0.306 e. The van der Waals surface area contributed by atoms with Crippen LogP contribution in [0.2, 0.25) is 0 Å². The van der Waals surface area contributed by atoms with E-state index in [0.717, 1.165) is 5.56 Å². The van der Waals surface area contributed by atoms with Gasteiger partial charge in [0.2, 0.25) is 0 Å². The minimum absolute atomic E-state index is 0.0753. The zero-order valence-electron chi connectivity index (χ0n) is 12.4. The maximum atomic E-state index is 14.1. The fourth-order valence-electron chi connectivity index (χ4n) is 2.09. The summed E-state index contributed by atoms with van der Waals surface area (Å²) in [6, 6.07) is 12.8. The Morgan fingerprint density at radius 3 is 2.41 bits per heavy atom. The van der Waals surface area contributed by atoms with Gasteiger partial charge in [-0.15, -0.1) is 0 Å². The van der Waals surface area contributed by atoms with Crippen LogP contribution in [0.4, 0.5) is 8.78 Å².